The van der Waals surface area contributed by atoms with Crippen molar-refractivity contribution >= 4 is 18.2 Å². The minimum Gasteiger partial charge on any atom is -0.465 e. The van der Waals surface area contributed by atoms with Crippen molar-refractivity contribution in [3.8, 4) is 11.4 Å². The van der Waals surface area contributed by atoms with Gasteiger partial charge in [0.2, 0.25) is 5.91 Å². The van der Waals surface area contributed by atoms with Crippen molar-refractivity contribution in [2.45, 2.75) is 18.0 Å². The molecule has 0 spiro atoms. The lowest BCUT2D eigenvalue weighted by molar-refractivity contribution is -0.143. The average molecular weight is 481 g/mol. The predicted octanol–water partition coefficient (Wildman–Crippen LogP) is 3.27. The summed E-state index contributed by atoms with van der Waals surface area (Å²) in [7, 11) is 0. The van der Waals surface area contributed by atoms with E-state index in [4.69, 9.17) is 5.11 Å². The maximum absolute atomic E-state index is 14.1. The third-order valence-electron chi connectivity index (χ3n) is 4.54. The Morgan fingerprint density at radius 1 is 1.09 bits per heavy atom. The summed E-state index contributed by atoms with van der Waals surface area (Å²) in [6, 6.07) is 0.911. The van der Waals surface area contributed by atoms with Crippen LogP contribution in [0.3, 0.4) is 0 Å². The Bertz CT molecular complexity index is 1060. The van der Waals surface area contributed by atoms with Gasteiger partial charge in [0.15, 0.2) is 11.5 Å². The van der Waals surface area contributed by atoms with Crippen LogP contribution in [0.4, 0.5) is 35.5 Å². The van der Waals surface area contributed by atoms with Gasteiger partial charge in [-0.2, -0.15) is 26.3 Å². The zero-order valence-electron chi connectivity index (χ0n) is 16.3. The molecule has 2 amide bonds. The lowest BCUT2D eigenvalue weighted by atomic mass is 9.96. The summed E-state index contributed by atoms with van der Waals surface area (Å²) < 4.78 is 93.0. The first kappa shape index (κ1) is 24.0. The second-order valence-electron chi connectivity index (χ2n) is 7.16. The number of benzene rings is 1. The van der Waals surface area contributed by atoms with E-state index in [1.165, 1.54) is 0 Å². The molecule has 2 aromatic rings. The molecule has 1 aliphatic heterocycles. The summed E-state index contributed by atoms with van der Waals surface area (Å²) in [6.07, 6.45) is -8.55. The fourth-order valence-corrected chi connectivity index (χ4v) is 2.95. The number of alkyl halides is 7. The number of rotatable bonds is 5. The van der Waals surface area contributed by atoms with Gasteiger partial charge in [0.1, 0.15) is 6.33 Å². The number of nitrogens with one attached hydrogen (secondary N) is 1. The highest BCUT2D eigenvalue weighted by molar-refractivity contribution is 5.91. The standard InChI is InChI=1S/C18H14F7N5O3/c19-16(6-26-15(32)33)7-29(8-16)13(31)1-2-30-9-27-14(28-30)10-3-11(17(20,21)22)5-12(4-10)18(23,24)25/h1-5,9,26H,6-8H2,(H,32,33)/b2-1+. The molecule has 0 bridgehead atoms. The molecule has 1 aromatic carbocycles. The number of amides is 2. The van der Waals surface area contributed by atoms with Crippen molar-refractivity contribution in [3.63, 3.8) is 0 Å². The second kappa shape index (κ2) is 8.37. The zero-order chi connectivity index (χ0) is 24.6. The van der Waals surface area contributed by atoms with Crippen LogP contribution < -0.4 is 5.32 Å². The molecule has 1 saturated heterocycles. The van der Waals surface area contributed by atoms with E-state index in [1.807, 2.05) is 5.32 Å². The van der Waals surface area contributed by atoms with Crippen LogP contribution in [0, 0.1) is 0 Å². The molecular formula is C18H14F7N5O3. The molecule has 1 aliphatic rings. The minimum atomic E-state index is -5.03. The summed E-state index contributed by atoms with van der Waals surface area (Å²) in [5, 5.41) is 14.1. The molecule has 178 valence electrons. The van der Waals surface area contributed by atoms with Gasteiger partial charge in [-0.15, -0.1) is 5.10 Å². The smallest absolute Gasteiger partial charge is 0.416 e. The van der Waals surface area contributed by atoms with E-state index in [1.54, 1.807) is 0 Å². The molecule has 1 aromatic heterocycles. The van der Waals surface area contributed by atoms with E-state index in [9.17, 15) is 40.3 Å². The van der Waals surface area contributed by atoms with Crippen molar-refractivity contribution in [3.05, 3.63) is 41.7 Å². The molecule has 0 atom stereocenters. The van der Waals surface area contributed by atoms with Crippen LogP contribution >= 0.6 is 0 Å². The first-order valence-corrected chi connectivity index (χ1v) is 9.00. The van der Waals surface area contributed by atoms with Crippen LogP contribution in [0.15, 0.2) is 30.6 Å². The number of nitrogens with zero attached hydrogens (tertiary/aromatic N) is 4. The highest BCUT2D eigenvalue weighted by Crippen LogP contribution is 2.38. The van der Waals surface area contributed by atoms with Crippen molar-refractivity contribution in [1.29, 1.82) is 0 Å². The molecule has 3 rings (SSSR count). The van der Waals surface area contributed by atoms with Gasteiger partial charge >= 0.3 is 18.4 Å². The first-order chi connectivity index (χ1) is 15.2. The lowest BCUT2D eigenvalue weighted by Gasteiger charge is -2.43. The van der Waals surface area contributed by atoms with Crippen molar-refractivity contribution < 1.29 is 45.4 Å². The van der Waals surface area contributed by atoms with Gasteiger partial charge in [0.25, 0.3) is 0 Å². The topological polar surface area (TPSA) is 100 Å². The summed E-state index contributed by atoms with van der Waals surface area (Å²) >= 11 is 0. The van der Waals surface area contributed by atoms with E-state index in [0.717, 1.165) is 28.2 Å². The van der Waals surface area contributed by atoms with Gasteiger partial charge in [0, 0.05) is 17.8 Å². The molecule has 8 nitrogen and oxygen atoms in total. The maximum Gasteiger partial charge on any atom is 0.416 e. The Hall–Kier alpha value is -3.65. The van der Waals surface area contributed by atoms with Gasteiger partial charge in [-0.05, 0) is 18.2 Å². The fraction of sp³-hybridized carbons (Fsp3) is 0.333. The van der Waals surface area contributed by atoms with Crippen molar-refractivity contribution in [2.24, 2.45) is 0 Å². The zero-order valence-corrected chi connectivity index (χ0v) is 16.3. The summed E-state index contributed by atoms with van der Waals surface area (Å²) in [4.78, 5) is 27.2. The molecule has 0 aliphatic carbocycles. The molecular weight excluding hydrogens is 467 g/mol. The Labute approximate surface area is 180 Å². The second-order valence-corrected chi connectivity index (χ2v) is 7.16. The molecule has 0 radical (unpaired) electrons. The number of likely N-dealkylation sites (tertiary alicyclic amines) is 1. The highest BCUT2D eigenvalue weighted by atomic mass is 19.4. The highest BCUT2D eigenvalue weighted by Gasteiger charge is 2.45. The first-order valence-electron chi connectivity index (χ1n) is 9.00. The van der Waals surface area contributed by atoms with Crippen LogP contribution in [-0.2, 0) is 17.1 Å². The van der Waals surface area contributed by atoms with Crippen LogP contribution in [0.25, 0.3) is 17.6 Å². The lowest BCUT2D eigenvalue weighted by Crippen LogP contribution is -2.64. The van der Waals surface area contributed by atoms with E-state index < -0.39 is 59.1 Å². The van der Waals surface area contributed by atoms with E-state index in [-0.39, 0.29) is 19.2 Å². The fourth-order valence-electron chi connectivity index (χ4n) is 2.95. The largest absolute Gasteiger partial charge is 0.465 e. The van der Waals surface area contributed by atoms with E-state index >= 15 is 0 Å². The molecule has 0 unspecified atom stereocenters. The maximum atomic E-state index is 14.1. The van der Waals surface area contributed by atoms with Gasteiger partial charge in [-0.25, -0.2) is 18.9 Å². The van der Waals surface area contributed by atoms with Crippen LogP contribution in [-0.4, -0.2) is 62.1 Å². The Morgan fingerprint density at radius 2 is 1.67 bits per heavy atom. The van der Waals surface area contributed by atoms with E-state index in [0.29, 0.717) is 12.1 Å². The summed E-state index contributed by atoms with van der Waals surface area (Å²) in [5.41, 5.74) is -5.51. The number of carboxylic acid groups (broad SMARTS) is 1. The van der Waals surface area contributed by atoms with Crippen molar-refractivity contribution in [2.75, 3.05) is 19.6 Å². The van der Waals surface area contributed by atoms with Gasteiger partial charge < -0.3 is 15.3 Å². The number of halogens is 7. The molecule has 33 heavy (non-hydrogen) atoms. The quantitative estimate of drug-likeness (QED) is 0.505. The number of carbonyl (C=O) groups excluding carboxylic acids is 1. The van der Waals surface area contributed by atoms with Crippen LogP contribution in [0.1, 0.15) is 11.1 Å². The normalized spacial score (nSPS) is 16.0. The van der Waals surface area contributed by atoms with Gasteiger partial charge in [-0.1, -0.05) is 0 Å². The molecule has 2 heterocycles. The molecule has 15 heteroatoms. The third-order valence-corrected chi connectivity index (χ3v) is 4.54. The number of hydrogen-bond acceptors (Lipinski definition) is 4. The Morgan fingerprint density at radius 3 is 2.18 bits per heavy atom. The number of hydrogen-bond donors (Lipinski definition) is 2. The average Bonchev–Trinajstić information content (AvgIpc) is 3.16. The molecule has 1 fully saturated rings. The monoisotopic (exact) mass is 481 g/mol. The minimum absolute atomic E-state index is 0.0248. The summed E-state index contributed by atoms with van der Waals surface area (Å²) in [6.45, 7) is -1.24. The molecule has 0 saturated carbocycles. The molecule has 2 N–H and O–H groups in total. The van der Waals surface area contributed by atoms with Crippen LogP contribution in [0.2, 0.25) is 0 Å². The van der Waals surface area contributed by atoms with Crippen molar-refractivity contribution in [1.82, 2.24) is 25.0 Å². The Kier molecular flexibility index (Phi) is 6.08. The predicted molar refractivity (Wildman–Crippen MR) is 97.2 cm³/mol. The SMILES string of the molecule is O=C(O)NCC1(F)CN(C(=O)/C=C/n2cnc(-c3cc(C(F)(F)F)cc(C(F)(F)F)c3)n2)C1. The van der Waals surface area contributed by atoms with E-state index in [2.05, 4.69) is 10.1 Å². The Balaban J connectivity index is 1.72. The van der Waals surface area contributed by atoms with Gasteiger partial charge in [0.05, 0.1) is 30.8 Å². The third kappa shape index (κ3) is 5.78. The number of carbonyl (C=O) groups is 2. The van der Waals surface area contributed by atoms with Crippen LogP contribution in [0.5, 0.6) is 0 Å². The van der Waals surface area contributed by atoms with Gasteiger partial charge in [-0.3, -0.25) is 4.79 Å². The number of aromatic nitrogens is 3. The summed E-state index contributed by atoms with van der Waals surface area (Å²) in [5.74, 6) is -1.12.